The highest BCUT2D eigenvalue weighted by Crippen LogP contribution is 2.12. The molecule has 2 N–H and O–H groups in total. The molecule has 1 unspecified atom stereocenters. The van der Waals surface area contributed by atoms with Crippen LogP contribution in [0.1, 0.15) is 39.2 Å². The highest BCUT2D eigenvalue weighted by atomic mass is 16.5. The van der Waals surface area contributed by atoms with E-state index in [0.717, 1.165) is 50.7 Å². The minimum atomic E-state index is 0.302. The lowest BCUT2D eigenvalue weighted by Gasteiger charge is -2.21. The van der Waals surface area contributed by atoms with Gasteiger partial charge in [0.25, 0.3) is 0 Å². The second-order valence-electron chi connectivity index (χ2n) is 6.60. The van der Waals surface area contributed by atoms with E-state index in [0.29, 0.717) is 12.6 Å². The third-order valence-corrected chi connectivity index (χ3v) is 4.56. The Morgan fingerprint density at radius 3 is 2.56 bits per heavy atom. The molecule has 150 valence electrons. The van der Waals surface area contributed by atoms with Gasteiger partial charge >= 0.3 is 0 Å². The van der Waals surface area contributed by atoms with Crippen molar-refractivity contribution in [1.82, 2.24) is 15.5 Å². The molecule has 0 radical (unpaired) electrons. The molecule has 0 saturated carbocycles. The van der Waals surface area contributed by atoms with Crippen molar-refractivity contribution in [2.45, 2.75) is 46.1 Å². The highest BCUT2D eigenvalue weighted by Gasteiger charge is 2.06. The van der Waals surface area contributed by atoms with Gasteiger partial charge in [-0.3, -0.25) is 4.99 Å². The lowest BCUT2D eigenvalue weighted by Crippen LogP contribution is -2.43. The van der Waals surface area contributed by atoms with Crippen LogP contribution >= 0.6 is 0 Å². The summed E-state index contributed by atoms with van der Waals surface area (Å²) in [5, 5.41) is 6.87. The monoisotopic (exact) mass is 372 g/mol. The predicted octanol–water partition coefficient (Wildman–Crippen LogP) is 2.92. The Labute approximate surface area is 165 Å². The van der Waals surface area contributed by atoms with Crippen molar-refractivity contribution in [3.63, 3.8) is 0 Å². The molecule has 0 aromatic heterocycles. The Balaban J connectivity index is 2.28. The van der Waals surface area contributed by atoms with E-state index in [4.69, 9.17) is 11.2 Å². The molecule has 0 aliphatic heterocycles. The number of hydrogen-bond donors (Lipinski definition) is 2. The molecule has 1 aromatic carbocycles. The molecule has 5 heteroatoms. The van der Waals surface area contributed by atoms with Gasteiger partial charge < -0.3 is 20.3 Å². The minimum Gasteiger partial charge on any atom is -0.481 e. The highest BCUT2D eigenvalue weighted by molar-refractivity contribution is 5.79. The average molecular weight is 373 g/mol. The summed E-state index contributed by atoms with van der Waals surface area (Å²) < 4.78 is 5.39. The van der Waals surface area contributed by atoms with Crippen LogP contribution in [-0.4, -0.2) is 56.7 Å². The Hall–Kier alpha value is -2.19. The predicted molar refractivity (Wildman–Crippen MR) is 115 cm³/mol. The number of nitrogens with zero attached hydrogens (tertiary/aromatic N) is 2. The topological polar surface area (TPSA) is 48.9 Å². The van der Waals surface area contributed by atoms with Crippen molar-refractivity contribution in [2.75, 3.05) is 39.8 Å². The minimum absolute atomic E-state index is 0.302. The Kier molecular flexibility index (Phi) is 11.8. The maximum Gasteiger partial charge on any atom is 0.191 e. The SMILES string of the molecule is C#CCOc1ccc(CCNC(=NC)NC(C)CCCN(CC)CC)cc1. The second kappa shape index (κ2) is 13.9. The molecule has 1 aromatic rings. The van der Waals surface area contributed by atoms with E-state index >= 15 is 0 Å². The van der Waals surface area contributed by atoms with Gasteiger partial charge in [-0.15, -0.1) is 6.42 Å². The Morgan fingerprint density at radius 1 is 1.26 bits per heavy atom. The number of terminal acetylenes is 1. The third-order valence-electron chi connectivity index (χ3n) is 4.56. The molecule has 0 amide bonds. The second-order valence-corrected chi connectivity index (χ2v) is 6.60. The van der Waals surface area contributed by atoms with Crippen molar-refractivity contribution in [3.8, 4) is 18.1 Å². The van der Waals surface area contributed by atoms with Crippen molar-refractivity contribution < 1.29 is 4.74 Å². The Bertz CT molecular complexity index is 573. The van der Waals surface area contributed by atoms with Gasteiger partial charge in [0.15, 0.2) is 5.96 Å². The van der Waals surface area contributed by atoms with Gasteiger partial charge in [0.2, 0.25) is 0 Å². The molecule has 0 fully saturated rings. The first-order valence-corrected chi connectivity index (χ1v) is 9.97. The van der Waals surface area contributed by atoms with Crippen LogP contribution in [0.4, 0.5) is 0 Å². The summed E-state index contributed by atoms with van der Waals surface area (Å²) >= 11 is 0. The van der Waals surface area contributed by atoms with E-state index in [1.807, 2.05) is 19.2 Å². The maximum atomic E-state index is 5.39. The molecule has 0 saturated heterocycles. The summed E-state index contributed by atoms with van der Waals surface area (Å²) in [6.45, 7) is 11.2. The number of ether oxygens (including phenoxy) is 1. The summed E-state index contributed by atoms with van der Waals surface area (Å²) in [6.07, 6.45) is 8.45. The zero-order valence-corrected chi connectivity index (χ0v) is 17.4. The van der Waals surface area contributed by atoms with Crippen LogP contribution in [0.5, 0.6) is 5.75 Å². The van der Waals surface area contributed by atoms with E-state index in [1.165, 1.54) is 12.0 Å². The zero-order valence-electron chi connectivity index (χ0n) is 17.4. The molecule has 0 heterocycles. The maximum absolute atomic E-state index is 5.39. The summed E-state index contributed by atoms with van der Waals surface area (Å²) in [5.41, 5.74) is 1.25. The van der Waals surface area contributed by atoms with Crippen LogP contribution in [-0.2, 0) is 6.42 Å². The van der Waals surface area contributed by atoms with Crippen LogP contribution in [0, 0.1) is 12.3 Å². The van der Waals surface area contributed by atoms with Gasteiger partial charge in [0, 0.05) is 19.6 Å². The first-order valence-electron chi connectivity index (χ1n) is 9.97. The van der Waals surface area contributed by atoms with E-state index < -0.39 is 0 Å². The summed E-state index contributed by atoms with van der Waals surface area (Å²) in [5.74, 6) is 4.14. The molecule has 1 rings (SSSR count). The lowest BCUT2D eigenvalue weighted by molar-refractivity contribution is 0.292. The van der Waals surface area contributed by atoms with E-state index in [9.17, 15) is 0 Å². The fourth-order valence-electron chi connectivity index (χ4n) is 2.86. The zero-order chi connectivity index (χ0) is 19.9. The first kappa shape index (κ1) is 22.9. The van der Waals surface area contributed by atoms with Gasteiger partial charge in [0.1, 0.15) is 12.4 Å². The molecule has 5 nitrogen and oxygen atoms in total. The van der Waals surface area contributed by atoms with Crippen molar-refractivity contribution >= 4 is 5.96 Å². The molecule has 27 heavy (non-hydrogen) atoms. The Morgan fingerprint density at radius 2 is 1.96 bits per heavy atom. The largest absolute Gasteiger partial charge is 0.481 e. The third kappa shape index (κ3) is 9.91. The van der Waals surface area contributed by atoms with Gasteiger partial charge in [0.05, 0.1) is 0 Å². The first-order chi connectivity index (χ1) is 13.1. The van der Waals surface area contributed by atoms with Gasteiger partial charge in [-0.05, 0) is 63.5 Å². The van der Waals surface area contributed by atoms with Crippen LogP contribution in [0.3, 0.4) is 0 Å². The van der Waals surface area contributed by atoms with Gasteiger partial charge in [-0.2, -0.15) is 0 Å². The van der Waals surface area contributed by atoms with E-state index in [2.05, 4.69) is 59.4 Å². The summed E-state index contributed by atoms with van der Waals surface area (Å²) in [7, 11) is 1.82. The van der Waals surface area contributed by atoms with Crippen molar-refractivity contribution in [1.29, 1.82) is 0 Å². The summed E-state index contributed by atoms with van der Waals surface area (Å²) in [6, 6.07) is 8.45. The van der Waals surface area contributed by atoms with Gasteiger partial charge in [-0.1, -0.05) is 31.9 Å². The molecule has 0 aliphatic carbocycles. The standard InChI is InChI=1S/C22H36N4O/c1-6-18-27-21-13-11-20(12-14-21)15-16-24-22(23-5)25-19(4)10-9-17-26(7-2)8-3/h1,11-14,19H,7-10,15-18H2,2-5H3,(H2,23,24,25). The van der Waals surface area contributed by atoms with Crippen molar-refractivity contribution in [2.24, 2.45) is 4.99 Å². The van der Waals surface area contributed by atoms with E-state index in [1.54, 1.807) is 0 Å². The number of guanidine groups is 1. The quantitative estimate of drug-likeness (QED) is 0.336. The van der Waals surface area contributed by atoms with Crippen LogP contribution in [0.15, 0.2) is 29.3 Å². The fourth-order valence-corrected chi connectivity index (χ4v) is 2.86. The van der Waals surface area contributed by atoms with Gasteiger partial charge in [-0.25, -0.2) is 0 Å². The molecular weight excluding hydrogens is 336 g/mol. The molecular formula is C22H36N4O. The molecule has 0 spiro atoms. The van der Waals surface area contributed by atoms with Crippen LogP contribution in [0.25, 0.3) is 0 Å². The number of aliphatic imine (C=N–C) groups is 1. The van der Waals surface area contributed by atoms with Crippen molar-refractivity contribution in [3.05, 3.63) is 29.8 Å². The fraction of sp³-hybridized carbons (Fsp3) is 0.591. The van der Waals surface area contributed by atoms with Crippen LogP contribution in [0.2, 0.25) is 0 Å². The normalized spacial score (nSPS) is 12.5. The number of nitrogens with one attached hydrogen (secondary N) is 2. The van der Waals surface area contributed by atoms with Crippen LogP contribution < -0.4 is 15.4 Å². The van der Waals surface area contributed by atoms with E-state index in [-0.39, 0.29) is 0 Å². The number of hydrogen-bond acceptors (Lipinski definition) is 3. The lowest BCUT2D eigenvalue weighted by atomic mass is 10.1. The average Bonchev–Trinajstić information content (AvgIpc) is 2.69. The molecule has 0 aliphatic rings. The number of rotatable bonds is 12. The molecule has 1 atom stereocenters. The summed E-state index contributed by atoms with van der Waals surface area (Å²) in [4.78, 5) is 6.79. The smallest absolute Gasteiger partial charge is 0.191 e. The number of benzene rings is 1. The molecule has 0 bridgehead atoms.